The van der Waals surface area contributed by atoms with Crippen molar-refractivity contribution in [3.8, 4) is 0 Å². The van der Waals surface area contributed by atoms with Crippen molar-refractivity contribution >= 4 is 34.6 Å². The van der Waals surface area contributed by atoms with Crippen molar-refractivity contribution in [2.75, 3.05) is 19.1 Å². The third-order valence-electron chi connectivity index (χ3n) is 1.18. The Hall–Kier alpha value is -0.480. The Morgan fingerprint density at radius 2 is 1.85 bits per heavy atom. The summed E-state index contributed by atoms with van der Waals surface area (Å²) in [6.45, 7) is 1.60. The van der Waals surface area contributed by atoms with Gasteiger partial charge in [0.25, 0.3) is 0 Å². The van der Waals surface area contributed by atoms with Crippen LogP contribution >= 0.6 is 23.2 Å². The number of ether oxygens (including phenoxy) is 2. The molecule has 0 N–H and O–H groups in total. The number of hydrogen-bond acceptors (Lipinski definition) is 4. The van der Waals surface area contributed by atoms with Gasteiger partial charge in [-0.1, -0.05) is 6.92 Å². The summed E-state index contributed by atoms with van der Waals surface area (Å²) < 4.78 is 9.01. The maximum atomic E-state index is 10.9. The Kier molecular flexibility index (Phi) is 6.72. The Balaban J connectivity index is 3.42. The third kappa shape index (κ3) is 6.66. The topological polar surface area (TPSA) is 52.6 Å². The molecule has 13 heavy (non-hydrogen) atoms. The van der Waals surface area contributed by atoms with E-state index in [0.717, 1.165) is 0 Å². The van der Waals surface area contributed by atoms with Crippen LogP contribution in [0.15, 0.2) is 0 Å². The van der Waals surface area contributed by atoms with E-state index in [1.165, 1.54) is 0 Å². The average Bonchev–Trinajstić information content (AvgIpc) is 2.10. The molecule has 0 spiro atoms. The van der Waals surface area contributed by atoms with Crippen molar-refractivity contribution in [2.45, 2.75) is 6.92 Å². The molecule has 0 amide bonds. The maximum absolute atomic E-state index is 10.9. The number of carbonyl (C=O) groups excluding carboxylic acids is 2. The minimum Gasteiger partial charge on any atom is -0.462 e. The number of esters is 1. The molecule has 0 aliphatic heterocycles. The number of alkyl halides is 1. The highest BCUT2D eigenvalue weighted by atomic mass is 35.5. The SMILES string of the molecule is CC(CCl)C(=O)OCCOC(=O)Cl. The molecule has 0 rings (SSSR count). The third-order valence-corrected chi connectivity index (χ3v) is 1.75. The van der Waals surface area contributed by atoms with E-state index in [2.05, 4.69) is 9.47 Å². The summed E-state index contributed by atoms with van der Waals surface area (Å²) in [7, 11) is 0. The monoisotopic (exact) mass is 228 g/mol. The van der Waals surface area contributed by atoms with Crippen LogP contribution in [0.1, 0.15) is 6.92 Å². The molecule has 0 aromatic rings. The summed E-state index contributed by atoms with van der Waals surface area (Å²) in [4.78, 5) is 21.0. The lowest BCUT2D eigenvalue weighted by molar-refractivity contribution is -0.148. The fourth-order valence-electron chi connectivity index (χ4n) is 0.469. The largest absolute Gasteiger partial charge is 0.462 e. The number of halogens is 2. The van der Waals surface area contributed by atoms with E-state index in [1.54, 1.807) is 6.92 Å². The van der Waals surface area contributed by atoms with Crippen LogP contribution in [0, 0.1) is 5.92 Å². The molecule has 0 aromatic carbocycles. The molecule has 0 aliphatic carbocycles. The lowest BCUT2D eigenvalue weighted by atomic mass is 10.2. The summed E-state index contributed by atoms with van der Waals surface area (Å²) >= 11 is 10.3. The smallest absolute Gasteiger partial charge is 0.403 e. The van der Waals surface area contributed by atoms with Gasteiger partial charge in [0.15, 0.2) is 0 Å². The first-order chi connectivity index (χ1) is 6.07. The van der Waals surface area contributed by atoms with Gasteiger partial charge in [0, 0.05) is 17.5 Å². The van der Waals surface area contributed by atoms with Crippen LogP contribution in [0.5, 0.6) is 0 Å². The van der Waals surface area contributed by atoms with E-state index >= 15 is 0 Å². The van der Waals surface area contributed by atoms with Crippen molar-refractivity contribution < 1.29 is 19.1 Å². The zero-order valence-corrected chi connectivity index (χ0v) is 8.60. The van der Waals surface area contributed by atoms with Gasteiger partial charge >= 0.3 is 11.4 Å². The minimum absolute atomic E-state index is 0.00147. The molecule has 0 bridgehead atoms. The number of hydrogen-bond donors (Lipinski definition) is 0. The van der Waals surface area contributed by atoms with Crippen LogP contribution in [-0.4, -0.2) is 30.5 Å². The summed E-state index contributed by atoms with van der Waals surface area (Å²) in [6.07, 6.45) is 0. The van der Waals surface area contributed by atoms with Crippen molar-refractivity contribution in [3.05, 3.63) is 0 Å². The highest BCUT2D eigenvalue weighted by Crippen LogP contribution is 2.00. The van der Waals surface area contributed by atoms with Gasteiger partial charge in [-0.2, -0.15) is 0 Å². The average molecular weight is 229 g/mol. The molecule has 0 saturated heterocycles. The second-order valence-electron chi connectivity index (χ2n) is 2.31. The summed E-state index contributed by atoms with van der Waals surface area (Å²) in [5.41, 5.74) is -0.915. The Morgan fingerprint density at radius 3 is 2.31 bits per heavy atom. The van der Waals surface area contributed by atoms with Gasteiger partial charge < -0.3 is 9.47 Å². The van der Waals surface area contributed by atoms with Gasteiger partial charge in [-0.25, -0.2) is 4.79 Å². The lowest BCUT2D eigenvalue weighted by Crippen LogP contribution is -2.18. The first-order valence-electron chi connectivity index (χ1n) is 3.62. The van der Waals surface area contributed by atoms with Crippen molar-refractivity contribution in [1.29, 1.82) is 0 Å². The van der Waals surface area contributed by atoms with Crippen LogP contribution in [0.25, 0.3) is 0 Å². The molecule has 1 atom stereocenters. The van der Waals surface area contributed by atoms with E-state index < -0.39 is 11.4 Å². The standard InChI is InChI=1S/C7H10Cl2O4/c1-5(4-8)6(10)12-2-3-13-7(9)11/h5H,2-4H2,1H3. The molecule has 0 saturated carbocycles. The van der Waals surface area contributed by atoms with Gasteiger partial charge in [-0.3, -0.25) is 4.79 Å². The van der Waals surface area contributed by atoms with E-state index in [0.29, 0.717) is 0 Å². The highest BCUT2D eigenvalue weighted by Gasteiger charge is 2.12. The second kappa shape index (κ2) is 6.97. The molecule has 4 nitrogen and oxygen atoms in total. The normalized spacial score (nSPS) is 11.9. The summed E-state index contributed by atoms with van der Waals surface area (Å²) in [6, 6.07) is 0. The zero-order valence-electron chi connectivity index (χ0n) is 7.09. The van der Waals surface area contributed by atoms with Crippen LogP contribution < -0.4 is 0 Å². The van der Waals surface area contributed by atoms with Gasteiger partial charge in [0.05, 0.1) is 5.92 Å². The fraction of sp³-hybridized carbons (Fsp3) is 0.714. The molecule has 0 fully saturated rings. The van der Waals surface area contributed by atoms with Crippen LogP contribution in [0.4, 0.5) is 4.79 Å². The maximum Gasteiger partial charge on any atom is 0.403 e. The molecule has 0 heterocycles. The van der Waals surface area contributed by atoms with E-state index in [4.69, 9.17) is 23.2 Å². The first-order valence-corrected chi connectivity index (χ1v) is 4.54. The Morgan fingerprint density at radius 1 is 1.31 bits per heavy atom. The summed E-state index contributed by atoms with van der Waals surface area (Å²) in [5.74, 6) is -0.567. The predicted molar refractivity (Wildman–Crippen MR) is 48.0 cm³/mol. The number of carbonyl (C=O) groups is 2. The van der Waals surface area contributed by atoms with Crippen LogP contribution in [-0.2, 0) is 14.3 Å². The van der Waals surface area contributed by atoms with Crippen LogP contribution in [0.3, 0.4) is 0 Å². The highest BCUT2D eigenvalue weighted by molar-refractivity contribution is 6.61. The van der Waals surface area contributed by atoms with E-state index in [1.807, 2.05) is 0 Å². The molecule has 0 radical (unpaired) electrons. The molecule has 0 aliphatic rings. The Bertz CT molecular complexity index is 183. The minimum atomic E-state index is -0.915. The van der Waals surface area contributed by atoms with Gasteiger partial charge in [-0.05, 0) is 0 Å². The molecule has 6 heteroatoms. The van der Waals surface area contributed by atoms with E-state index in [-0.39, 0.29) is 25.0 Å². The van der Waals surface area contributed by atoms with Gasteiger partial charge in [-0.15, -0.1) is 11.6 Å². The zero-order chi connectivity index (χ0) is 10.3. The Labute approximate surface area is 86.1 Å². The predicted octanol–water partition coefficient (Wildman–Crippen LogP) is 1.78. The first kappa shape index (κ1) is 12.5. The number of rotatable bonds is 5. The van der Waals surface area contributed by atoms with Gasteiger partial charge in [0.1, 0.15) is 13.2 Å². The lowest BCUT2D eigenvalue weighted by Gasteiger charge is -2.07. The second-order valence-corrected chi connectivity index (χ2v) is 2.93. The van der Waals surface area contributed by atoms with Gasteiger partial charge in [0.2, 0.25) is 0 Å². The van der Waals surface area contributed by atoms with Crippen molar-refractivity contribution in [2.24, 2.45) is 5.92 Å². The fourth-order valence-corrected chi connectivity index (χ4v) is 0.673. The molecular formula is C7H10Cl2O4. The van der Waals surface area contributed by atoms with Crippen LogP contribution in [0.2, 0.25) is 0 Å². The molecular weight excluding hydrogens is 219 g/mol. The van der Waals surface area contributed by atoms with E-state index in [9.17, 15) is 9.59 Å². The molecule has 1 unspecified atom stereocenters. The van der Waals surface area contributed by atoms with Crippen molar-refractivity contribution in [3.63, 3.8) is 0 Å². The molecule has 76 valence electrons. The summed E-state index contributed by atoms with van der Waals surface area (Å²) in [5, 5.41) is 0. The van der Waals surface area contributed by atoms with Crippen molar-refractivity contribution in [1.82, 2.24) is 0 Å². The quantitative estimate of drug-likeness (QED) is 0.312. The molecule has 0 aromatic heterocycles.